The number of benzene rings is 1. The van der Waals surface area contributed by atoms with Crippen molar-refractivity contribution in [1.29, 1.82) is 0 Å². The Balaban J connectivity index is 1.53. The number of piperidine rings is 1. The van der Waals surface area contributed by atoms with Gasteiger partial charge in [0, 0.05) is 45.2 Å². The van der Waals surface area contributed by atoms with Crippen LogP contribution in [-0.2, 0) is 23.2 Å². The second kappa shape index (κ2) is 6.56. The number of fused-ring (bicyclic) bond motifs is 3. The molecule has 8 heteroatoms. The topological polar surface area (TPSA) is 88.4 Å². The summed E-state index contributed by atoms with van der Waals surface area (Å²) in [6.45, 7) is 2.84. The molecule has 0 aliphatic carbocycles. The molecule has 3 aliphatic rings. The number of imide groups is 1. The van der Waals surface area contributed by atoms with Crippen LogP contribution in [0.15, 0.2) is 23.0 Å². The fourth-order valence-electron chi connectivity index (χ4n) is 5.14. The number of carbonyl (C=O) groups excluding carboxylic acids is 2. The van der Waals surface area contributed by atoms with E-state index in [2.05, 4.69) is 21.6 Å². The molecule has 1 aromatic heterocycles. The quantitative estimate of drug-likeness (QED) is 0.742. The van der Waals surface area contributed by atoms with Crippen LogP contribution in [0, 0.1) is 0 Å². The van der Waals surface area contributed by atoms with Gasteiger partial charge in [-0.1, -0.05) is 12.1 Å². The van der Waals surface area contributed by atoms with Gasteiger partial charge in [0.2, 0.25) is 11.8 Å². The van der Waals surface area contributed by atoms with E-state index < -0.39 is 11.9 Å². The molecular formula is C20H25N5O3. The number of aryl methyl sites for hydroxylation is 1. The van der Waals surface area contributed by atoms with Gasteiger partial charge in [0.05, 0.1) is 11.0 Å². The Hall–Kier alpha value is -2.45. The first-order chi connectivity index (χ1) is 13.5. The molecule has 2 aromatic rings. The highest BCUT2D eigenvalue weighted by Gasteiger charge is 2.34. The van der Waals surface area contributed by atoms with Crippen LogP contribution in [0.5, 0.6) is 0 Å². The fraction of sp³-hybridized carbons (Fsp3) is 0.550. The van der Waals surface area contributed by atoms with Gasteiger partial charge >= 0.3 is 5.69 Å². The number of amides is 2. The van der Waals surface area contributed by atoms with Gasteiger partial charge in [-0.3, -0.25) is 28.9 Å². The summed E-state index contributed by atoms with van der Waals surface area (Å²) in [6.07, 6.45) is 3.07. The number of carbonyl (C=O) groups is 2. The van der Waals surface area contributed by atoms with Crippen molar-refractivity contribution in [2.75, 3.05) is 13.1 Å². The third-order valence-electron chi connectivity index (χ3n) is 6.39. The first-order valence-corrected chi connectivity index (χ1v) is 10.0. The highest BCUT2D eigenvalue weighted by molar-refractivity contribution is 6.00. The predicted molar refractivity (Wildman–Crippen MR) is 104 cm³/mol. The number of nitrogens with one attached hydrogen (secondary N) is 2. The van der Waals surface area contributed by atoms with Crippen molar-refractivity contribution >= 4 is 22.8 Å². The molecule has 0 spiro atoms. The van der Waals surface area contributed by atoms with Crippen LogP contribution in [0.3, 0.4) is 0 Å². The van der Waals surface area contributed by atoms with Crippen LogP contribution in [0.4, 0.5) is 0 Å². The third kappa shape index (κ3) is 2.79. The molecule has 2 N–H and O–H groups in total. The van der Waals surface area contributed by atoms with E-state index in [1.54, 1.807) is 16.2 Å². The van der Waals surface area contributed by atoms with E-state index in [0.29, 0.717) is 18.5 Å². The zero-order valence-electron chi connectivity index (χ0n) is 16.0. The molecule has 0 radical (unpaired) electrons. The van der Waals surface area contributed by atoms with Gasteiger partial charge in [0.15, 0.2) is 0 Å². The van der Waals surface area contributed by atoms with Gasteiger partial charge in [-0.25, -0.2) is 4.79 Å². The minimum absolute atomic E-state index is 0.211. The number of rotatable bonds is 3. The van der Waals surface area contributed by atoms with Crippen molar-refractivity contribution in [3.05, 3.63) is 34.2 Å². The Kier molecular flexibility index (Phi) is 4.13. The molecule has 0 saturated carbocycles. The van der Waals surface area contributed by atoms with E-state index >= 15 is 0 Å². The molecule has 3 atom stereocenters. The van der Waals surface area contributed by atoms with E-state index in [-0.39, 0.29) is 18.0 Å². The van der Waals surface area contributed by atoms with Gasteiger partial charge in [-0.2, -0.15) is 0 Å². The number of nitrogens with zero attached hydrogens (tertiary/aromatic N) is 3. The number of piperazine rings is 1. The Bertz CT molecular complexity index is 1010. The average molecular weight is 383 g/mol. The smallest absolute Gasteiger partial charge is 0.309 e. The number of aromatic nitrogens is 2. The Labute approximate surface area is 162 Å². The van der Waals surface area contributed by atoms with Crippen molar-refractivity contribution in [2.24, 2.45) is 7.05 Å². The molecule has 28 heavy (non-hydrogen) atoms. The van der Waals surface area contributed by atoms with E-state index in [0.717, 1.165) is 36.2 Å². The van der Waals surface area contributed by atoms with Crippen LogP contribution >= 0.6 is 0 Å². The lowest BCUT2D eigenvalue weighted by molar-refractivity contribution is -0.135. The number of hydrogen-bond donors (Lipinski definition) is 2. The molecule has 3 aliphatic heterocycles. The monoisotopic (exact) mass is 383 g/mol. The predicted octanol–water partition coefficient (Wildman–Crippen LogP) is 0.254. The van der Waals surface area contributed by atoms with E-state index in [9.17, 15) is 14.4 Å². The van der Waals surface area contributed by atoms with Crippen molar-refractivity contribution < 1.29 is 9.59 Å². The molecule has 8 nitrogen and oxygen atoms in total. The maximum absolute atomic E-state index is 13.0. The minimum Gasteiger partial charge on any atom is -0.309 e. The summed E-state index contributed by atoms with van der Waals surface area (Å²) in [5.74, 6) is -0.668. The summed E-state index contributed by atoms with van der Waals surface area (Å²) in [6, 6.07) is 6.41. The molecule has 4 heterocycles. The van der Waals surface area contributed by atoms with E-state index in [4.69, 9.17) is 0 Å². The molecule has 2 amide bonds. The van der Waals surface area contributed by atoms with Crippen molar-refractivity contribution in [3.63, 3.8) is 0 Å². The van der Waals surface area contributed by atoms with Crippen LogP contribution in [-0.4, -0.2) is 51.0 Å². The maximum Gasteiger partial charge on any atom is 0.329 e. The van der Waals surface area contributed by atoms with Gasteiger partial charge < -0.3 is 5.32 Å². The summed E-state index contributed by atoms with van der Waals surface area (Å²) in [5, 5.41) is 6.01. The highest BCUT2D eigenvalue weighted by Crippen LogP contribution is 2.27. The second-order valence-electron chi connectivity index (χ2n) is 8.30. The molecule has 2 bridgehead atoms. The zero-order valence-corrected chi connectivity index (χ0v) is 16.0. The molecule has 148 valence electrons. The van der Waals surface area contributed by atoms with Gasteiger partial charge in [0.1, 0.15) is 6.04 Å². The lowest BCUT2D eigenvalue weighted by Gasteiger charge is -2.33. The van der Waals surface area contributed by atoms with Crippen LogP contribution in [0.25, 0.3) is 11.0 Å². The molecule has 1 unspecified atom stereocenters. The van der Waals surface area contributed by atoms with Crippen molar-refractivity contribution in [2.45, 2.75) is 50.4 Å². The molecule has 3 fully saturated rings. The van der Waals surface area contributed by atoms with E-state index in [1.807, 2.05) is 12.1 Å². The summed E-state index contributed by atoms with van der Waals surface area (Å²) in [4.78, 5) is 39.3. The van der Waals surface area contributed by atoms with Crippen molar-refractivity contribution in [3.8, 4) is 0 Å². The normalized spacial score (nSPS) is 28.1. The van der Waals surface area contributed by atoms with E-state index in [1.165, 1.54) is 12.8 Å². The molecule has 3 saturated heterocycles. The fourth-order valence-corrected chi connectivity index (χ4v) is 5.14. The van der Waals surface area contributed by atoms with Crippen LogP contribution in [0.2, 0.25) is 0 Å². The van der Waals surface area contributed by atoms with Crippen LogP contribution < -0.4 is 16.3 Å². The Morgan fingerprint density at radius 2 is 1.82 bits per heavy atom. The number of likely N-dealkylation sites (tertiary alicyclic amines) is 1. The number of imidazole rings is 1. The highest BCUT2D eigenvalue weighted by atomic mass is 16.2. The first kappa shape index (κ1) is 17.6. The minimum atomic E-state index is -0.640. The first-order valence-electron chi connectivity index (χ1n) is 10.0. The Morgan fingerprint density at radius 3 is 2.54 bits per heavy atom. The lowest BCUT2D eigenvalue weighted by Crippen LogP contribution is -2.50. The number of hydrogen-bond acceptors (Lipinski definition) is 5. The molecule has 1 aromatic carbocycles. The Morgan fingerprint density at radius 1 is 1.07 bits per heavy atom. The van der Waals surface area contributed by atoms with Gasteiger partial charge in [0.25, 0.3) is 0 Å². The van der Waals surface area contributed by atoms with Gasteiger partial charge in [-0.15, -0.1) is 0 Å². The SMILES string of the molecule is Cn1c(=O)n(C2CCC(=O)NC2=O)c2cccc(CN3C[C@@H]4CC[C@@H](C3)N4)c21. The standard InChI is InChI=1S/C20H25N5O3/c1-23-18-12(9-24-10-13-5-6-14(11-24)21-13)3-2-4-15(18)25(20(23)28)16-7-8-17(26)22-19(16)27/h2-4,13-14,16,21H,5-11H2,1H3,(H,22,26,27)/t13-,14-,16?/m0/s1. The summed E-state index contributed by atoms with van der Waals surface area (Å²) in [5.41, 5.74) is 2.53. The third-order valence-corrected chi connectivity index (χ3v) is 6.39. The molecule has 5 rings (SSSR count). The maximum atomic E-state index is 13.0. The second-order valence-corrected chi connectivity index (χ2v) is 8.30. The zero-order chi connectivity index (χ0) is 19.4. The molecular weight excluding hydrogens is 358 g/mol. The van der Waals surface area contributed by atoms with Crippen LogP contribution in [0.1, 0.15) is 37.3 Å². The lowest BCUT2D eigenvalue weighted by atomic mass is 10.1. The number of para-hydroxylation sites is 1. The average Bonchev–Trinajstić information content (AvgIpc) is 3.13. The van der Waals surface area contributed by atoms with Crippen molar-refractivity contribution in [1.82, 2.24) is 24.7 Å². The summed E-state index contributed by atoms with van der Waals surface area (Å²) in [7, 11) is 1.76. The van der Waals surface area contributed by atoms with Gasteiger partial charge in [-0.05, 0) is 30.9 Å². The summed E-state index contributed by atoms with van der Waals surface area (Å²) < 4.78 is 3.20. The summed E-state index contributed by atoms with van der Waals surface area (Å²) >= 11 is 0. The largest absolute Gasteiger partial charge is 0.329 e.